The first kappa shape index (κ1) is 16.1. The molecule has 0 spiro atoms. The summed E-state index contributed by atoms with van der Waals surface area (Å²) in [6.45, 7) is 2.02. The summed E-state index contributed by atoms with van der Waals surface area (Å²) in [4.78, 5) is 10.3. The molecule has 2 N–H and O–H groups in total. The van der Waals surface area contributed by atoms with Crippen molar-refractivity contribution in [1.82, 2.24) is 0 Å². The van der Waals surface area contributed by atoms with Gasteiger partial charge in [-0.2, -0.15) is 0 Å². The van der Waals surface area contributed by atoms with Gasteiger partial charge in [-0.1, -0.05) is 35.3 Å². The summed E-state index contributed by atoms with van der Waals surface area (Å²) in [5, 5.41) is 16.0. The number of nitro groups is 1. The van der Waals surface area contributed by atoms with E-state index < -0.39 is 14.9 Å². The average Bonchev–Trinajstić information content (AvgIpc) is 2.27. The smallest absolute Gasteiger partial charge is 0.258 e. The molecule has 0 radical (unpaired) electrons. The second kappa shape index (κ2) is 6.44. The monoisotopic (exact) mass is 350 g/mol. The zero-order valence-electron chi connectivity index (χ0n) is 10.4. The van der Waals surface area contributed by atoms with Crippen molar-refractivity contribution in [2.24, 2.45) is 5.14 Å². The molecule has 0 saturated heterocycles. The van der Waals surface area contributed by atoms with E-state index in [0.717, 1.165) is 18.9 Å². The van der Waals surface area contributed by atoms with Crippen LogP contribution in [0.3, 0.4) is 0 Å². The molecule has 1 unspecified atom stereocenters. The van der Waals surface area contributed by atoms with Crippen molar-refractivity contribution in [3.05, 3.63) is 33.9 Å². The van der Waals surface area contributed by atoms with E-state index in [1.165, 1.54) is 12.1 Å². The number of sulfonamides is 1. The molecule has 6 nitrogen and oxygen atoms in total. The van der Waals surface area contributed by atoms with Gasteiger partial charge in [-0.25, -0.2) is 13.6 Å². The van der Waals surface area contributed by atoms with Crippen LogP contribution in [0.2, 0.25) is 0 Å². The first-order valence-corrected chi connectivity index (χ1v) is 8.16. The first-order valence-electron chi connectivity index (χ1n) is 5.70. The van der Waals surface area contributed by atoms with Crippen LogP contribution in [0, 0.1) is 10.1 Å². The van der Waals surface area contributed by atoms with Crippen LogP contribution in [0.25, 0.3) is 0 Å². The van der Waals surface area contributed by atoms with Crippen molar-refractivity contribution in [2.75, 3.05) is 0 Å². The standard InChI is InChI=1S/C11H15BrN2O4S/c1-2-3-9(12)6-8-4-5-10(19(13,17)18)7-11(8)14(15)16/h4-5,7,9H,2-3,6H2,1H3,(H2,13,17,18). The van der Waals surface area contributed by atoms with Gasteiger partial charge in [-0.3, -0.25) is 10.1 Å². The summed E-state index contributed by atoms with van der Waals surface area (Å²) >= 11 is 3.45. The number of alkyl halides is 1. The Labute approximate surface area is 120 Å². The van der Waals surface area contributed by atoms with Crippen LogP contribution in [0.15, 0.2) is 23.1 Å². The zero-order chi connectivity index (χ0) is 14.6. The molecule has 0 heterocycles. The van der Waals surface area contributed by atoms with Crippen LogP contribution in [0.1, 0.15) is 25.3 Å². The van der Waals surface area contributed by atoms with Gasteiger partial charge in [0.25, 0.3) is 5.69 Å². The summed E-state index contributed by atoms with van der Waals surface area (Å²) in [6, 6.07) is 3.75. The Morgan fingerprint density at radius 2 is 2.11 bits per heavy atom. The lowest BCUT2D eigenvalue weighted by Crippen LogP contribution is -2.13. The minimum atomic E-state index is -3.93. The fourth-order valence-electron chi connectivity index (χ4n) is 1.72. The minimum Gasteiger partial charge on any atom is -0.258 e. The van der Waals surface area contributed by atoms with Gasteiger partial charge in [0.2, 0.25) is 10.0 Å². The zero-order valence-corrected chi connectivity index (χ0v) is 12.8. The normalized spacial score (nSPS) is 13.2. The predicted octanol–water partition coefficient (Wildman–Crippen LogP) is 2.35. The SMILES string of the molecule is CCCC(Br)Cc1ccc(S(N)(=O)=O)cc1[N+](=O)[O-]. The molecule has 106 valence electrons. The molecule has 1 rings (SSSR count). The molecule has 0 fully saturated rings. The van der Waals surface area contributed by atoms with E-state index in [9.17, 15) is 18.5 Å². The molecule has 0 bridgehead atoms. The number of primary sulfonamides is 1. The minimum absolute atomic E-state index is 0.122. The summed E-state index contributed by atoms with van der Waals surface area (Å²) in [5.41, 5.74) is 0.278. The van der Waals surface area contributed by atoms with Crippen molar-refractivity contribution >= 4 is 31.6 Å². The van der Waals surface area contributed by atoms with Crippen molar-refractivity contribution in [3.8, 4) is 0 Å². The van der Waals surface area contributed by atoms with Gasteiger partial charge in [0.05, 0.1) is 9.82 Å². The third-order valence-electron chi connectivity index (χ3n) is 2.63. The second-order valence-electron chi connectivity index (χ2n) is 4.18. The maximum absolute atomic E-state index is 11.2. The van der Waals surface area contributed by atoms with Crippen LogP contribution in [-0.4, -0.2) is 18.2 Å². The van der Waals surface area contributed by atoms with E-state index in [-0.39, 0.29) is 15.4 Å². The van der Waals surface area contributed by atoms with Gasteiger partial charge < -0.3 is 0 Å². The van der Waals surface area contributed by atoms with E-state index in [2.05, 4.69) is 15.9 Å². The Morgan fingerprint density at radius 3 is 2.58 bits per heavy atom. The van der Waals surface area contributed by atoms with Gasteiger partial charge in [-0.05, 0) is 18.9 Å². The predicted molar refractivity (Wildman–Crippen MR) is 75.8 cm³/mol. The molecular formula is C11H15BrN2O4S. The quantitative estimate of drug-likeness (QED) is 0.483. The number of hydrogen-bond acceptors (Lipinski definition) is 4. The van der Waals surface area contributed by atoms with E-state index in [1.807, 2.05) is 6.92 Å². The number of hydrogen-bond donors (Lipinski definition) is 1. The number of nitrogens with two attached hydrogens (primary N) is 1. The molecule has 0 aliphatic heterocycles. The third kappa shape index (κ3) is 4.55. The average molecular weight is 351 g/mol. The van der Waals surface area contributed by atoms with Gasteiger partial charge in [0.1, 0.15) is 0 Å². The fourth-order valence-corrected chi connectivity index (χ4v) is 3.06. The van der Waals surface area contributed by atoms with E-state index in [1.54, 1.807) is 0 Å². The lowest BCUT2D eigenvalue weighted by atomic mass is 10.1. The second-order valence-corrected chi connectivity index (χ2v) is 7.04. The highest BCUT2D eigenvalue weighted by Crippen LogP contribution is 2.26. The fraction of sp³-hybridized carbons (Fsp3) is 0.455. The van der Waals surface area contributed by atoms with Gasteiger partial charge in [0, 0.05) is 16.5 Å². The maximum atomic E-state index is 11.2. The Morgan fingerprint density at radius 1 is 1.47 bits per heavy atom. The topological polar surface area (TPSA) is 103 Å². The molecule has 19 heavy (non-hydrogen) atoms. The molecule has 0 aliphatic rings. The molecule has 0 aliphatic carbocycles. The molecule has 0 saturated carbocycles. The Hall–Kier alpha value is -0.990. The molecule has 1 aromatic rings. The molecule has 8 heteroatoms. The summed E-state index contributed by atoms with van der Waals surface area (Å²) in [6.07, 6.45) is 2.31. The van der Waals surface area contributed by atoms with Crippen LogP contribution in [-0.2, 0) is 16.4 Å². The summed E-state index contributed by atoms with van der Waals surface area (Å²) in [5.74, 6) is 0. The maximum Gasteiger partial charge on any atom is 0.273 e. The van der Waals surface area contributed by atoms with Gasteiger partial charge >= 0.3 is 0 Å². The van der Waals surface area contributed by atoms with Crippen LogP contribution >= 0.6 is 15.9 Å². The lowest BCUT2D eigenvalue weighted by molar-refractivity contribution is -0.385. The van der Waals surface area contributed by atoms with Crippen molar-refractivity contribution in [1.29, 1.82) is 0 Å². The lowest BCUT2D eigenvalue weighted by Gasteiger charge is -2.09. The van der Waals surface area contributed by atoms with Crippen LogP contribution < -0.4 is 5.14 Å². The van der Waals surface area contributed by atoms with Gasteiger partial charge in [-0.15, -0.1) is 0 Å². The largest absolute Gasteiger partial charge is 0.273 e. The molecule has 1 aromatic carbocycles. The number of halogens is 1. The Bertz CT molecular complexity index is 574. The highest BCUT2D eigenvalue weighted by Gasteiger charge is 2.20. The molecule has 0 amide bonds. The summed E-state index contributed by atoms with van der Waals surface area (Å²) in [7, 11) is -3.93. The first-order chi connectivity index (χ1) is 8.75. The number of benzene rings is 1. The Balaban J connectivity index is 3.16. The molecular weight excluding hydrogens is 336 g/mol. The molecule has 0 aromatic heterocycles. The van der Waals surface area contributed by atoms with Gasteiger partial charge in [0.15, 0.2) is 0 Å². The number of nitro benzene ring substituents is 1. The number of rotatable bonds is 6. The Kier molecular flexibility index (Phi) is 5.45. The van der Waals surface area contributed by atoms with E-state index >= 15 is 0 Å². The highest BCUT2D eigenvalue weighted by atomic mass is 79.9. The van der Waals surface area contributed by atoms with Crippen molar-refractivity contribution in [2.45, 2.75) is 35.9 Å². The summed E-state index contributed by atoms with van der Waals surface area (Å²) < 4.78 is 22.4. The highest BCUT2D eigenvalue weighted by molar-refractivity contribution is 9.09. The third-order valence-corrected chi connectivity index (χ3v) is 4.32. The van der Waals surface area contributed by atoms with Crippen LogP contribution in [0.5, 0.6) is 0 Å². The van der Waals surface area contributed by atoms with E-state index in [4.69, 9.17) is 5.14 Å². The van der Waals surface area contributed by atoms with Crippen molar-refractivity contribution in [3.63, 3.8) is 0 Å². The van der Waals surface area contributed by atoms with Crippen molar-refractivity contribution < 1.29 is 13.3 Å². The number of nitrogens with zero attached hydrogens (tertiary/aromatic N) is 1. The van der Waals surface area contributed by atoms with Crippen LogP contribution in [0.4, 0.5) is 5.69 Å². The van der Waals surface area contributed by atoms with E-state index in [0.29, 0.717) is 12.0 Å². The molecule has 1 atom stereocenters.